The van der Waals surface area contributed by atoms with Gasteiger partial charge >= 0.3 is 0 Å². The van der Waals surface area contributed by atoms with E-state index in [0.717, 1.165) is 5.52 Å². The second-order valence-corrected chi connectivity index (χ2v) is 5.47. The number of rotatable bonds is 6. The molecular weight excluding hydrogens is 252 g/mol. The summed E-state index contributed by atoms with van der Waals surface area (Å²) in [5.41, 5.74) is 1.37. The lowest BCUT2D eigenvalue weighted by molar-refractivity contribution is 0.684. The third kappa shape index (κ3) is 2.76. The SMILES string of the molecule is CCS(=O)CCNc1nc(NC)nc2nc[nH]c12. The number of aromatic amines is 1. The van der Waals surface area contributed by atoms with Crippen molar-refractivity contribution < 1.29 is 4.21 Å². The molecule has 0 amide bonds. The summed E-state index contributed by atoms with van der Waals surface area (Å²) in [5.74, 6) is 2.46. The number of hydrogen-bond donors (Lipinski definition) is 3. The number of fused-ring (bicyclic) bond motifs is 1. The highest BCUT2D eigenvalue weighted by Gasteiger charge is 2.08. The van der Waals surface area contributed by atoms with Crippen LogP contribution in [0.3, 0.4) is 0 Å². The molecule has 0 aliphatic heterocycles. The summed E-state index contributed by atoms with van der Waals surface area (Å²) in [5, 5.41) is 6.04. The van der Waals surface area contributed by atoms with E-state index in [4.69, 9.17) is 0 Å². The molecule has 0 aromatic carbocycles. The van der Waals surface area contributed by atoms with Crippen molar-refractivity contribution >= 4 is 33.7 Å². The molecule has 0 radical (unpaired) electrons. The molecule has 8 heteroatoms. The zero-order valence-electron chi connectivity index (χ0n) is 10.4. The highest BCUT2D eigenvalue weighted by atomic mass is 32.2. The fourth-order valence-corrected chi connectivity index (χ4v) is 2.12. The Bertz CT molecular complexity index is 554. The summed E-state index contributed by atoms with van der Waals surface area (Å²) in [7, 11) is 0.974. The van der Waals surface area contributed by atoms with E-state index in [1.807, 2.05) is 6.92 Å². The van der Waals surface area contributed by atoms with E-state index in [-0.39, 0.29) is 0 Å². The molecule has 2 aromatic heterocycles. The first-order valence-corrected chi connectivity index (χ1v) is 7.21. The van der Waals surface area contributed by atoms with E-state index < -0.39 is 10.8 Å². The number of nitrogens with zero attached hydrogens (tertiary/aromatic N) is 3. The summed E-state index contributed by atoms with van der Waals surface area (Å²) >= 11 is 0. The van der Waals surface area contributed by atoms with E-state index in [2.05, 4.69) is 30.6 Å². The molecule has 3 N–H and O–H groups in total. The number of imidazole rings is 1. The van der Waals surface area contributed by atoms with Gasteiger partial charge in [0.15, 0.2) is 11.5 Å². The van der Waals surface area contributed by atoms with Crippen LogP contribution in [0.25, 0.3) is 11.2 Å². The van der Waals surface area contributed by atoms with Crippen LogP contribution < -0.4 is 10.6 Å². The van der Waals surface area contributed by atoms with E-state index >= 15 is 0 Å². The van der Waals surface area contributed by atoms with Gasteiger partial charge in [-0.15, -0.1) is 0 Å². The highest BCUT2D eigenvalue weighted by molar-refractivity contribution is 7.84. The van der Waals surface area contributed by atoms with Gasteiger partial charge < -0.3 is 15.6 Å². The minimum atomic E-state index is -0.779. The first-order valence-electron chi connectivity index (χ1n) is 5.72. The smallest absolute Gasteiger partial charge is 0.226 e. The van der Waals surface area contributed by atoms with Crippen LogP contribution in [0.15, 0.2) is 6.33 Å². The first kappa shape index (κ1) is 12.7. The lowest BCUT2D eigenvalue weighted by Crippen LogP contribution is -2.13. The van der Waals surface area contributed by atoms with Crippen LogP contribution in [0.5, 0.6) is 0 Å². The van der Waals surface area contributed by atoms with Gasteiger partial charge in [0.2, 0.25) is 5.95 Å². The summed E-state index contributed by atoms with van der Waals surface area (Å²) in [6.45, 7) is 2.52. The zero-order valence-corrected chi connectivity index (χ0v) is 11.2. The van der Waals surface area contributed by atoms with E-state index in [9.17, 15) is 4.21 Å². The number of aromatic nitrogens is 4. The lowest BCUT2D eigenvalue weighted by atomic mass is 10.5. The molecule has 0 fully saturated rings. The highest BCUT2D eigenvalue weighted by Crippen LogP contribution is 2.17. The third-order valence-corrected chi connectivity index (χ3v) is 3.76. The second kappa shape index (κ2) is 5.76. The van der Waals surface area contributed by atoms with Gasteiger partial charge in [-0.2, -0.15) is 9.97 Å². The molecule has 0 spiro atoms. The van der Waals surface area contributed by atoms with Crippen molar-refractivity contribution in [3.63, 3.8) is 0 Å². The van der Waals surface area contributed by atoms with Gasteiger partial charge in [0, 0.05) is 35.9 Å². The number of nitrogens with one attached hydrogen (secondary N) is 3. The molecule has 98 valence electrons. The maximum Gasteiger partial charge on any atom is 0.226 e. The van der Waals surface area contributed by atoms with Crippen molar-refractivity contribution in [3.8, 4) is 0 Å². The molecule has 18 heavy (non-hydrogen) atoms. The predicted molar refractivity (Wildman–Crippen MR) is 73.3 cm³/mol. The average Bonchev–Trinajstić information content (AvgIpc) is 2.86. The Kier molecular flexibility index (Phi) is 4.08. The quantitative estimate of drug-likeness (QED) is 0.709. The Morgan fingerprint density at radius 3 is 3.00 bits per heavy atom. The zero-order chi connectivity index (χ0) is 13.0. The van der Waals surface area contributed by atoms with E-state index in [0.29, 0.717) is 35.5 Å². The number of hydrogen-bond acceptors (Lipinski definition) is 6. The summed E-state index contributed by atoms with van der Waals surface area (Å²) < 4.78 is 11.3. The fourth-order valence-electron chi connectivity index (χ4n) is 1.50. The van der Waals surface area contributed by atoms with E-state index in [1.165, 1.54) is 0 Å². The van der Waals surface area contributed by atoms with Crippen LogP contribution in [-0.2, 0) is 10.8 Å². The van der Waals surface area contributed by atoms with Gasteiger partial charge in [0.25, 0.3) is 0 Å². The molecule has 2 heterocycles. The van der Waals surface area contributed by atoms with Crippen LogP contribution in [0, 0.1) is 0 Å². The van der Waals surface area contributed by atoms with Gasteiger partial charge in [-0.25, -0.2) is 4.98 Å². The number of H-pyrrole nitrogens is 1. The molecule has 0 aliphatic rings. The van der Waals surface area contributed by atoms with Gasteiger partial charge in [0.1, 0.15) is 5.52 Å². The van der Waals surface area contributed by atoms with Gasteiger partial charge in [-0.05, 0) is 0 Å². The second-order valence-electron chi connectivity index (χ2n) is 3.61. The summed E-state index contributed by atoms with van der Waals surface area (Å²) in [4.78, 5) is 15.6. The van der Waals surface area contributed by atoms with E-state index in [1.54, 1.807) is 13.4 Å². The maximum absolute atomic E-state index is 11.3. The van der Waals surface area contributed by atoms with Gasteiger partial charge in [0.05, 0.1) is 6.33 Å². The normalized spacial score (nSPS) is 12.6. The monoisotopic (exact) mass is 268 g/mol. The van der Waals surface area contributed by atoms with Gasteiger partial charge in [-0.1, -0.05) is 6.92 Å². The minimum Gasteiger partial charge on any atom is -0.367 e. The topological polar surface area (TPSA) is 95.6 Å². The third-order valence-electron chi connectivity index (χ3n) is 2.45. The molecule has 7 nitrogen and oxygen atoms in total. The molecular formula is C10H16N6OS. The fraction of sp³-hybridized carbons (Fsp3) is 0.500. The van der Waals surface area contributed by atoms with Crippen LogP contribution in [0.2, 0.25) is 0 Å². The standard InChI is InChI=1S/C10H16N6OS/c1-3-18(17)5-4-12-8-7-9(14-6-13-7)16-10(11-2)15-8/h6H,3-5H2,1-2H3,(H3,11,12,13,14,15,16). The molecule has 2 aromatic rings. The predicted octanol–water partition coefficient (Wildman–Crippen LogP) is 0.575. The molecule has 0 saturated heterocycles. The van der Waals surface area contributed by atoms with Gasteiger partial charge in [-0.3, -0.25) is 4.21 Å². The first-order chi connectivity index (χ1) is 8.74. The van der Waals surface area contributed by atoms with Crippen LogP contribution >= 0.6 is 0 Å². The minimum absolute atomic E-state index is 0.508. The molecule has 0 saturated carbocycles. The molecule has 2 rings (SSSR count). The van der Waals surface area contributed by atoms with Crippen molar-refractivity contribution in [3.05, 3.63) is 6.33 Å². The van der Waals surface area contributed by atoms with Crippen molar-refractivity contribution in [2.24, 2.45) is 0 Å². The summed E-state index contributed by atoms with van der Waals surface area (Å²) in [6.07, 6.45) is 1.58. The molecule has 1 atom stereocenters. The van der Waals surface area contributed by atoms with Crippen LogP contribution in [0.4, 0.5) is 11.8 Å². The van der Waals surface area contributed by atoms with Crippen molar-refractivity contribution in [1.82, 2.24) is 19.9 Å². The average molecular weight is 268 g/mol. The molecule has 1 unspecified atom stereocenters. The Morgan fingerprint density at radius 2 is 2.28 bits per heavy atom. The van der Waals surface area contributed by atoms with Crippen molar-refractivity contribution in [2.75, 3.05) is 35.7 Å². The Balaban J connectivity index is 2.15. The van der Waals surface area contributed by atoms with Crippen LogP contribution in [-0.4, -0.2) is 49.2 Å². The van der Waals surface area contributed by atoms with Crippen LogP contribution in [0.1, 0.15) is 6.92 Å². The summed E-state index contributed by atoms with van der Waals surface area (Å²) in [6, 6.07) is 0. The van der Waals surface area contributed by atoms with Crippen molar-refractivity contribution in [2.45, 2.75) is 6.92 Å². The molecule has 0 bridgehead atoms. The Morgan fingerprint density at radius 1 is 1.44 bits per heavy atom. The number of anilines is 2. The Labute approximate surface area is 107 Å². The largest absolute Gasteiger partial charge is 0.367 e. The molecule has 0 aliphatic carbocycles. The van der Waals surface area contributed by atoms with Crippen molar-refractivity contribution in [1.29, 1.82) is 0 Å². The lowest BCUT2D eigenvalue weighted by Gasteiger charge is -2.07. The maximum atomic E-state index is 11.3. The Hall–Kier alpha value is -1.70.